The van der Waals surface area contributed by atoms with Gasteiger partial charge in [-0.05, 0) is 13.3 Å². The Morgan fingerprint density at radius 3 is 2.30 bits per heavy atom. The topological polar surface area (TPSA) is 125 Å². The first kappa shape index (κ1) is 18.7. The molecule has 8 nitrogen and oxygen atoms in total. The van der Waals surface area contributed by atoms with E-state index in [0.29, 0.717) is 6.42 Å². The van der Waals surface area contributed by atoms with Crippen molar-refractivity contribution in [1.82, 2.24) is 15.4 Å². The first-order chi connectivity index (χ1) is 9.17. The first-order valence-electron chi connectivity index (χ1n) is 6.43. The van der Waals surface area contributed by atoms with Crippen molar-refractivity contribution >= 4 is 22.0 Å². The molecule has 0 bridgehead atoms. The van der Waals surface area contributed by atoms with Crippen molar-refractivity contribution in [3.63, 3.8) is 0 Å². The molecule has 1 atom stereocenters. The Hall–Kier alpha value is -1.35. The number of rotatable bonds is 9. The number of urea groups is 1. The highest BCUT2D eigenvalue weighted by molar-refractivity contribution is 7.89. The molecule has 0 aliphatic heterocycles. The molecule has 0 aromatic carbocycles. The second kappa shape index (κ2) is 8.05. The number of carbonyl (C=O) groups is 2. The highest BCUT2D eigenvalue weighted by atomic mass is 32.2. The van der Waals surface area contributed by atoms with E-state index in [2.05, 4.69) is 15.4 Å². The van der Waals surface area contributed by atoms with Gasteiger partial charge in [-0.3, -0.25) is 0 Å². The van der Waals surface area contributed by atoms with Crippen molar-refractivity contribution in [2.45, 2.75) is 39.2 Å². The van der Waals surface area contributed by atoms with Gasteiger partial charge in [0.1, 0.15) is 5.54 Å². The lowest BCUT2D eigenvalue weighted by molar-refractivity contribution is -0.144. The van der Waals surface area contributed by atoms with Crippen molar-refractivity contribution in [3.05, 3.63) is 0 Å². The summed E-state index contributed by atoms with van der Waals surface area (Å²) in [4.78, 5) is 22.7. The van der Waals surface area contributed by atoms with Crippen LogP contribution in [0.15, 0.2) is 0 Å². The lowest BCUT2D eigenvalue weighted by Crippen LogP contribution is -2.55. The van der Waals surface area contributed by atoms with Crippen LogP contribution in [0.2, 0.25) is 0 Å². The number of carboxylic acid groups (broad SMARTS) is 1. The van der Waals surface area contributed by atoms with Crippen molar-refractivity contribution < 1.29 is 23.1 Å². The average molecular weight is 309 g/mol. The van der Waals surface area contributed by atoms with Gasteiger partial charge in [0, 0.05) is 13.1 Å². The molecule has 2 amide bonds. The zero-order valence-electron chi connectivity index (χ0n) is 12.0. The molecule has 0 aliphatic rings. The minimum absolute atomic E-state index is 0.0943. The predicted octanol–water partition coefficient (Wildman–Crippen LogP) is -0.132. The molecule has 9 heteroatoms. The summed E-state index contributed by atoms with van der Waals surface area (Å²) in [7, 11) is -3.41. The summed E-state index contributed by atoms with van der Waals surface area (Å²) in [6.07, 6.45) is 0.878. The Labute approximate surface area is 119 Å². The number of sulfonamides is 1. The van der Waals surface area contributed by atoms with Crippen LogP contribution >= 0.6 is 0 Å². The van der Waals surface area contributed by atoms with Crippen LogP contribution in [0.4, 0.5) is 4.79 Å². The maximum absolute atomic E-state index is 11.6. The quantitative estimate of drug-likeness (QED) is 0.472. The van der Waals surface area contributed by atoms with Crippen molar-refractivity contribution in [2.24, 2.45) is 0 Å². The number of carboxylic acids is 1. The average Bonchev–Trinajstić information content (AvgIpc) is 2.28. The molecular formula is C11H23N3O5S. The molecule has 0 aromatic rings. The second-order valence-electron chi connectivity index (χ2n) is 4.58. The molecule has 118 valence electrons. The molecule has 4 N–H and O–H groups in total. The summed E-state index contributed by atoms with van der Waals surface area (Å²) in [6, 6.07) is -0.699. The van der Waals surface area contributed by atoms with E-state index in [1.807, 2.05) is 6.92 Å². The minimum atomic E-state index is -3.41. The Balaban J connectivity index is 4.32. The largest absolute Gasteiger partial charge is 0.480 e. The molecule has 0 rings (SSSR count). The number of amides is 2. The van der Waals surface area contributed by atoms with Gasteiger partial charge in [-0.1, -0.05) is 20.3 Å². The van der Waals surface area contributed by atoms with Gasteiger partial charge in [0.05, 0.1) is 5.75 Å². The Bertz CT molecular complexity index is 437. The van der Waals surface area contributed by atoms with Crippen molar-refractivity contribution in [2.75, 3.05) is 18.8 Å². The van der Waals surface area contributed by atoms with Crippen molar-refractivity contribution in [3.8, 4) is 0 Å². The van der Waals surface area contributed by atoms with Crippen LogP contribution in [0.1, 0.15) is 33.6 Å². The molecule has 0 spiro atoms. The van der Waals surface area contributed by atoms with E-state index in [0.717, 1.165) is 0 Å². The van der Waals surface area contributed by atoms with Gasteiger partial charge in [0.2, 0.25) is 10.0 Å². The predicted molar refractivity (Wildman–Crippen MR) is 74.9 cm³/mol. The second-order valence-corrected chi connectivity index (χ2v) is 6.51. The van der Waals surface area contributed by atoms with Crippen LogP contribution in [0, 0.1) is 0 Å². The zero-order chi connectivity index (χ0) is 15.8. The first-order valence-corrected chi connectivity index (χ1v) is 8.09. The van der Waals surface area contributed by atoms with Crippen LogP contribution in [0.3, 0.4) is 0 Å². The van der Waals surface area contributed by atoms with Crippen LogP contribution in [0.25, 0.3) is 0 Å². The summed E-state index contributed by atoms with van der Waals surface area (Å²) >= 11 is 0. The van der Waals surface area contributed by atoms with Gasteiger partial charge in [-0.15, -0.1) is 0 Å². The van der Waals surface area contributed by atoms with Gasteiger partial charge in [0.15, 0.2) is 0 Å². The molecule has 1 unspecified atom stereocenters. The smallest absolute Gasteiger partial charge is 0.329 e. The van der Waals surface area contributed by atoms with Gasteiger partial charge < -0.3 is 15.7 Å². The Morgan fingerprint density at radius 2 is 1.85 bits per heavy atom. The molecule has 0 aromatic heterocycles. The molecule has 0 fully saturated rings. The summed E-state index contributed by atoms with van der Waals surface area (Å²) in [5.41, 5.74) is -1.36. The van der Waals surface area contributed by atoms with E-state index < -0.39 is 27.6 Å². The highest BCUT2D eigenvalue weighted by Gasteiger charge is 2.33. The van der Waals surface area contributed by atoms with Gasteiger partial charge in [0.25, 0.3) is 0 Å². The third-order valence-electron chi connectivity index (χ3n) is 2.63. The van der Waals surface area contributed by atoms with E-state index in [9.17, 15) is 18.0 Å². The van der Waals surface area contributed by atoms with E-state index in [-0.39, 0.29) is 25.3 Å². The summed E-state index contributed by atoms with van der Waals surface area (Å²) in [5, 5.41) is 13.8. The van der Waals surface area contributed by atoms with E-state index in [1.54, 1.807) is 6.92 Å². The molecule has 0 aliphatic carbocycles. The lowest BCUT2D eigenvalue weighted by Gasteiger charge is -2.25. The molecule has 0 radical (unpaired) electrons. The SMILES string of the molecule is CCCC(C)(NC(=O)NCCS(=O)(=O)NCC)C(=O)O. The van der Waals surface area contributed by atoms with Crippen LogP contribution in [-0.4, -0.2) is 49.9 Å². The van der Waals surface area contributed by atoms with Crippen molar-refractivity contribution in [1.29, 1.82) is 0 Å². The van der Waals surface area contributed by atoms with Gasteiger partial charge in [-0.2, -0.15) is 0 Å². The number of carbonyl (C=O) groups excluding carboxylic acids is 1. The van der Waals surface area contributed by atoms with E-state index in [4.69, 9.17) is 5.11 Å². The van der Waals surface area contributed by atoms with Gasteiger partial charge >= 0.3 is 12.0 Å². The van der Waals surface area contributed by atoms with Crippen LogP contribution in [-0.2, 0) is 14.8 Å². The number of hydrogen-bond donors (Lipinski definition) is 4. The summed E-state index contributed by atoms with van der Waals surface area (Å²) < 4.78 is 25.0. The fourth-order valence-corrected chi connectivity index (χ4v) is 2.56. The molecule has 0 saturated heterocycles. The van der Waals surface area contributed by atoms with E-state index >= 15 is 0 Å². The normalized spacial score (nSPS) is 14.3. The van der Waals surface area contributed by atoms with Gasteiger partial charge in [-0.25, -0.2) is 22.7 Å². The number of hydrogen-bond acceptors (Lipinski definition) is 4. The van der Waals surface area contributed by atoms with E-state index in [1.165, 1.54) is 6.92 Å². The minimum Gasteiger partial charge on any atom is -0.480 e. The highest BCUT2D eigenvalue weighted by Crippen LogP contribution is 2.12. The maximum atomic E-state index is 11.6. The molecule has 0 saturated carbocycles. The Morgan fingerprint density at radius 1 is 1.25 bits per heavy atom. The number of nitrogens with one attached hydrogen (secondary N) is 3. The Kier molecular flexibility index (Phi) is 7.51. The third kappa shape index (κ3) is 6.71. The lowest BCUT2D eigenvalue weighted by atomic mass is 9.97. The summed E-state index contributed by atoms with van der Waals surface area (Å²) in [6.45, 7) is 5.06. The molecule has 20 heavy (non-hydrogen) atoms. The fourth-order valence-electron chi connectivity index (χ4n) is 1.61. The zero-order valence-corrected chi connectivity index (χ0v) is 12.8. The maximum Gasteiger partial charge on any atom is 0.329 e. The summed E-state index contributed by atoms with van der Waals surface area (Å²) in [5.74, 6) is -1.39. The number of aliphatic carboxylic acids is 1. The third-order valence-corrected chi connectivity index (χ3v) is 4.10. The monoisotopic (exact) mass is 309 g/mol. The fraction of sp³-hybridized carbons (Fsp3) is 0.818. The van der Waals surface area contributed by atoms with Crippen LogP contribution in [0.5, 0.6) is 0 Å². The molecule has 0 heterocycles. The van der Waals surface area contributed by atoms with Crippen LogP contribution < -0.4 is 15.4 Å². The standard InChI is InChI=1S/C11H23N3O5S/c1-4-6-11(3,9(15)16)14-10(17)12-7-8-20(18,19)13-5-2/h13H,4-8H2,1-3H3,(H,15,16)(H2,12,14,17). The molecular weight excluding hydrogens is 286 g/mol.